The van der Waals surface area contributed by atoms with Gasteiger partial charge >= 0.3 is 0 Å². The lowest BCUT2D eigenvalue weighted by molar-refractivity contribution is 0.333. The number of hydrogen-bond acceptors (Lipinski definition) is 2. The topological polar surface area (TPSA) is 15.3 Å². The second-order valence-corrected chi connectivity index (χ2v) is 3.33. The van der Waals surface area contributed by atoms with E-state index >= 15 is 0 Å². The van der Waals surface area contributed by atoms with Crippen LogP contribution in [0.1, 0.15) is 19.8 Å². The van der Waals surface area contributed by atoms with E-state index < -0.39 is 0 Å². The van der Waals surface area contributed by atoms with Crippen molar-refractivity contribution in [1.82, 2.24) is 10.2 Å². The van der Waals surface area contributed by atoms with Crippen LogP contribution < -0.4 is 5.32 Å². The Morgan fingerprint density at radius 1 is 1.45 bits per heavy atom. The van der Waals surface area contributed by atoms with Gasteiger partial charge in [-0.25, -0.2) is 0 Å². The molecule has 0 atom stereocenters. The van der Waals surface area contributed by atoms with Crippen LogP contribution in [0.3, 0.4) is 0 Å². The van der Waals surface area contributed by atoms with Crippen LogP contribution in [-0.4, -0.2) is 29.6 Å². The van der Waals surface area contributed by atoms with Gasteiger partial charge in [-0.3, -0.25) is 4.90 Å². The largest absolute Gasteiger partial charge is 0.367 e. The third-order valence-corrected chi connectivity index (χ3v) is 1.89. The van der Waals surface area contributed by atoms with E-state index in [2.05, 4.69) is 10.2 Å². The smallest absolute Gasteiger partial charge is 0.0731 e. The van der Waals surface area contributed by atoms with E-state index in [-0.39, 0.29) is 12.4 Å². The van der Waals surface area contributed by atoms with E-state index in [1.807, 2.05) is 6.92 Å². The molecule has 0 unspecified atom stereocenters. The average Bonchev–Trinajstić information content (AvgIpc) is 2.34. The molecule has 1 rings (SSSR count). The summed E-state index contributed by atoms with van der Waals surface area (Å²) in [6.45, 7) is 5.33. The Bertz CT molecular complexity index is 124. The first-order chi connectivity index (χ1) is 4.79. The summed E-state index contributed by atoms with van der Waals surface area (Å²) in [7, 11) is 0. The molecular weight excluding hydrogens is 180 g/mol. The van der Waals surface area contributed by atoms with Crippen molar-refractivity contribution in [2.75, 3.05) is 19.8 Å². The molecule has 1 fully saturated rings. The molecule has 11 heavy (non-hydrogen) atoms. The van der Waals surface area contributed by atoms with Crippen molar-refractivity contribution >= 4 is 29.6 Å². The number of hydrogen-bond donors (Lipinski definition) is 1. The maximum atomic E-state index is 4.89. The number of halogens is 1. The SMILES string of the molecule is CC(=S)NCN1CCCC1.Cl. The molecule has 0 saturated carbocycles. The van der Waals surface area contributed by atoms with Gasteiger partial charge in [0.1, 0.15) is 0 Å². The Balaban J connectivity index is 0.000001000. The molecule has 0 aliphatic carbocycles. The minimum Gasteiger partial charge on any atom is -0.367 e. The van der Waals surface area contributed by atoms with Crippen LogP contribution in [0.15, 0.2) is 0 Å². The van der Waals surface area contributed by atoms with Gasteiger partial charge < -0.3 is 5.32 Å². The van der Waals surface area contributed by atoms with Crippen LogP contribution in [0, 0.1) is 0 Å². The van der Waals surface area contributed by atoms with Crippen molar-refractivity contribution in [3.63, 3.8) is 0 Å². The van der Waals surface area contributed by atoms with Crippen molar-refractivity contribution in [2.24, 2.45) is 0 Å². The van der Waals surface area contributed by atoms with Crippen LogP contribution in [0.25, 0.3) is 0 Å². The third-order valence-electron chi connectivity index (χ3n) is 1.75. The van der Waals surface area contributed by atoms with Gasteiger partial charge in [0.05, 0.1) is 11.7 Å². The van der Waals surface area contributed by atoms with Crippen LogP contribution >= 0.6 is 24.6 Å². The normalized spacial score (nSPS) is 17.5. The summed E-state index contributed by atoms with van der Waals surface area (Å²) in [6, 6.07) is 0. The first-order valence-electron chi connectivity index (χ1n) is 3.76. The molecular formula is C7H15ClN2S. The lowest BCUT2D eigenvalue weighted by Gasteiger charge is -2.14. The summed E-state index contributed by atoms with van der Waals surface area (Å²) in [4.78, 5) is 3.28. The number of rotatable bonds is 2. The monoisotopic (exact) mass is 194 g/mol. The number of nitrogens with one attached hydrogen (secondary N) is 1. The van der Waals surface area contributed by atoms with Crippen LogP contribution in [0.4, 0.5) is 0 Å². The highest BCUT2D eigenvalue weighted by Gasteiger charge is 2.09. The van der Waals surface area contributed by atoms with E-state index in [4.69, 9.17) is 12.2 Å². The summed E-state index contributed by atoms with van der Waals surface area (Å²) in [5, 5.41) is 3.14. The Labute approximate surface area is 79.7 Å². The molecule has 1 heterocycles. The molecule has 2 nitrogen and oxygen atoms in total. The molecule has 0 aromatic heterocycles. The Hall–Kier alpha value is 0.140. The van der Waals surface area contributed by atoms with Crippen molar-refractivity contribution in [3.8, 4) is 0 Å². The Kier molecular flexibility index (Phi) is 5.82. The first kappa shape index (κ1) is 11.1. The van der Waals surface area contributed by atoms with Gasteiger partial charge in [-0.1, -0.05) is 12.2 Å². The molecule has 0 amide bonds. The second-order valence-electron chi connectivity index (χ2n) is 2.72. The minimum absolute atomic E-state index is 0. The molecule has 1 saturated heterocycles. The van der Waals surface area contributed by atoms with Gasteiger partial charge in [0.15, 0.2) is 0 Å². The van der Waals surface area contributed by atoms with Crippen LogP contribution in [-0.2, 0) is 0 Å². The molecule has 1 N–H and O–H groups in total. The van der Waals surface area contributed by atoms with Crippen molar-refractivity contribution in [1.29, 1.82) is 0 Å². The highest BCUT2D eigenvalue weighted by Crippen LogP contribution is 2.04. The second kappa shape index (κ2) is 5.75. The summed E-state index contributed by atoms with van der Waals surface area (Å²) in [6.07, 6.45) is 2.69. The summed E-state index contributed by atoms with van der Waals surface area (Å²) in [5.41, 5.74) is 0. The highest BCUT2D eigenvalue weighted by molar-refractivity contribution is 7.80. The lowest BCUT2D eigenvalue weighted by atomic mass is 10.4. The van der Waals surface area contributed by atoms with Gasteiger partial charge in [0.25, 0.3) is 0 Å². The summed E-state index contributed by atoms with van der Waals surface area (Å²) < 4.78 is 0. The van der Waals surface area contributed by atoms with Gasteiger partial charge in [-0.05, 0) is 32.9 Å². The predicted molar refractivity (Wildman–Crippen MR) is 54.3 cm³/mol. The predicted octanol–water partition coefficient (Wildman–Crippen LogP) is 1.40. The van der Waals surface area contributed by atoms with E-state index in [0.717, 1.165) is 11.7 Å². The molecule has 1 aliphatic rings. The van der Waals surface area contributed by atoms with Crippen molar-refractivity contribution in [2.45, 2.75) is 19.8 Å². The lowest BCUT2D eigenvalue weighted by Crippen LogP contribution is -2.33. The fourth-order valence-corrected chi connectivity index (χ4v) is 1.23. The fourth-order valence-electron chi connectivity index (χ4n) is 1.16. The van der Waals surface area contributed by atoms with Gasteiger partial charge in [0, 0.05) is 0 Å². The summed E-state index contributed by atoms with van der Waals surface area (Å²) in [5.74, 6) is 0. The minimum atomic E-state index is 0. The molecule has 4 heteroatoms. The molecule has 66 valence electrons. The van der Waals surface area contributed by atoms with Crippen molar-refractivity contribution in [3.05, 3.63) is 0 Å². The zero-order valence-corrected chi connectivity index (χ0v) is 8.43. The van der Waals surface area contributed by atoms with Crippen molar-refractivity contribution < 1.29 is 0 Å². The zero-order chi connectivity index (χ0) is 7.40. The van der Waals surface area contributed by atoms with Crippen LogP contribution in [0.5, 0.6) is 0 Å². The zero-order valence-electron chi connectivity index (χ0n) is 6.80. The van der Waals surface area contributed by atoms with Gasteiger partial charge in [-0.15, -0.1) is 12.4 Å². The average molecular weight is 195 g/mol. The Morgan fingerprint density at radius 3 is 2.45 bits per heavy atom. The molecule has 1 aliphatic heterocycles. The third kappa shape index (κ3) is 4.56. The van der Waals surface area contributed by atoms with E-state index in [1.165, 1.54) is 25.9 Å². The summed E-state index contributed by atoms with van der Waals surface area (Å²) >= 11 is 4.89. The molecule has 0 aromatic rings. The number of thiocarbonyl (C=S) groups is 1. The fraction of sp³-hybridized carbons (Fsp3) is 0.857. The van der Waals surface area contributed by atoms with Crippen LogP contribution in [0.2, 0.25) is 0 Å². The van der Waals surface area contributed by atoms with E-state index in [0.29, 0.717) is 0 Å². The standard InChI is InChI=1S/C7H14N2S.ClH/c1-7(10)8-6-9-4-2-3-5-9;/h2-6H2,1H3,(H,8,10);1H. The van der Waals surface area contributed by atoms with Gasteiger partial charge in [0.2, 0.25) is 0 Å². The maximum absolute atomic E-state index is 4.89. The molecule has 0 spiro atoms. The Morgan fingerprint density at radius 2 is 2.00 bits per heavy atom. The highest BCUT2D eigenvalue weighted by atomic mass is 35.5. The quantitative estimate of drug-likeness (QED) is 0.670. The molecule has 0 aromatic carbocycles. The molecule has 0 bridgehead atoms. The van der Waals surface area contributed by atoms with E-state index in [1.54, 1.807) is 0 Å². The van der Waals surface area contributed by atoms with E-state index in [9.17, 15) is 0 Å². The molecule has 0 radical (unpaired) electrons. The number of likely N-dealkylation sites (tertiary alicyclic amines) is 1. The first-order valence-corrected chi connectivity index (χ1v) is 4.16. The van der Waals surface area contributed by atoms with Gasteiger partial charge in [-0.2, -0.15) is 0 Å². The number of nitrogens with zero attached hydrogens (tertiary/aromatic N) is 1. The maximum Gasteiger partial charge on any atom is 0.0731 e.